The lowest BCUT2D eigenvalue weighted by Gasteiger charge is -2.12. The number of carbonyl (C=O) groups excluding carboxylic acids is 2. The van der Waals surface area contributed by atoms with Crippen LogP contribution in [-0.2, 0) is 23.2 Å². The maximum Gasteiger partial charge on any atom is 0.274 e. The second-order valence-corrected chi connectivity index (χ2v) is 5.30. The minimum atomic E-state index is -0.480. The van der Waals surface area contributed by atoms with Crippen molar-refractivity contribution in [2.75, 3.05) is 0 Å². The lowest BCUT2D eigenvalue weighted by molar-refractivity contribution is -0.125. The highest BCUT2D eigenvalue weighted by atomic mass is 16.2. The maximum absolute atomic E-state index is 12.0. The van der Waals surface area contributed by atoms with E-state index in [-0.39, 0.29) is 23.9 Å². The van der Waals surface area contributed by atoms with Crippen LogP contribution in [0.25, 0.3) is 10.8 Å². The molecule has 7 nitrogen and oxygen atoms in total. The molecule has 1 aromatic heterocycles. The molecular formula is C15H16N4O3. The zero-order chi connectivity index (χ0) is 15.7. The van der Waals surface area contributed by atoms with Gasteiger partial charge in [0.2, 0.25) is 11.8 Å². The molecule has 2 N–H and O–H groups in total. The molecule has 0 radical (unpaired) electrons. The monoisotopic (exact) mass is 300 g/mol. The van der Waals surface area contributed by atoms with Gasteiger partial charge in [0.15, 0.2) is 0 Å². The molecule has 22 heavy (non-hydrogen) atoms. The quantitative estimate of drug-likeness (QED) is 0.823. The first-order chi connectivity index (χ1) is 10.6. The summed E-state index contributed by atoms with van der Waals surface area (Å²) in [6.07, 6.45) is 0.880. The average Bonchev–Trinajstić information content (AvgIpc) is 2.96. The van der Waals surface area contributed by atoms with Crippen molar-refractivity contribution in [3.63, 3.8) is 0 Å². The highest BCUT2D eigenvalue weighted by Crippen LogP contribution is 2.13. The number of aromatic nitrogens is 2. The van der Waals surface area contributed by atoms with Crippen LogP contribution >= 0.6 is 0 Å². The maximum atomic E-state index is 12.0. The van der Waals surface area contributed by atoms with Crippen molar-refractivity contribution in [2.24, 2.45) is 7.05 Å². The molecule has 1 fully saturated rings. The lowest BCUT2D eigenvalue weighted by atomic mass is 10.1. The number of nitrogens with one attached hydrogen (secondary N) is 2. The minimum absolute atomic E-state index is 0.106. The third-order valence-electron chi connectivity index (χ3n) is 3.77. The summed E-state index contributed by atoms with van der Waals surface area (Å²) in [6.45, 7) is 0.208. The molecule has 1 aromatic carbocycles. The smallest absolute Gasteiger partial charge is 0.274 e. The Kier molecular flexibility index (Phi) is 3.62. The summed E-state index contributed by atoms with van der Waals surface area (Å²) in [7, 11) is 1.58. The average molecular weight is 300 g/mol. The van der Waals surface area contributed by atoms with Crippen molar-refractivity contribution in [1.82, 2.24) is 20.4 Å². The summed E-state index contributed by atoms with van der Waals surface area (Å²) in [5.41, 5.74) is 0.448. The predicted molar refractivity (Wildman–Crippen MR) is 80.0 cm³/mol. The first-order valence-electron chi connectivity index (χ1n) is 7.08. The lowest BCUT2D eigenvalue weighted by Crippen LogP contribution is -2.41. The van der Waals surface area contributed by atoms with E-state index < -0.39 is 6.04 Å². The van der Waals surface area contributed by atoms with E-state index in [0.717, 1.165) is 5.39 Å². The highest BCUT2D eigenvalue weighted by molar-refractivity contribution is 5.91. The van der Waals surface area contributed by atoms with Crippen LogP contribution in [0.4, 0.5) is 0 Å². The largest absolute Gasteiger partial charge is 0.349 e. The van der Waals surface area contributed by atoms with E-state index >= 15 is 0 Å². The van der Waals surface area contributed by atoms with Gasteiger partial charge in [-0.1, -0.05) is 18.2 Å². The van der Waals surface area contributed by atoms with Gasteiger partial charge in [-0.3, -0.25) is 14.4 Å². The zero-order valence-electron chi connectivity index (χ0n) is 12.1. The van der Waals surface area contributed by atoms with Gasteiger partial charge in [-0.25, -0.2) is 4.68 Å². The second-order valence-electron chi connectivity index (χ2n) is 5.30. The zero-order valence-corrected chi connectivity index (χ0v) is 12.1. The molecule has 1 aliphatic rings. The SMILES string of the molecule is Cn1nc(CNC(=O)C2CCC(=O)N2)c2ccccc2c1=O. The Morgan fingerprint density at radius 1 is 1.36 bits per heavy atom. The fourth-order valence-corrected chi connectivity index (χ4v) is 2.61. The predicted octanol–water partition coefficient (Wildman–Crippen LogP) is -0.172. The van der Waals surface area contributed by atoms with Crippen LogP contribution in [-0.4, -0.2) is 27.6 Å². The molecule has 0 aliphatic carbocycles. The van der Waals surface area contributed by atoms with Crippen molar-refractivity contribution in [3.05, 3.63) is 40.3 Å². The summed E-state index contributed by atoms with van der Waals surface area (Å²) in [5.74, 6) is -0.337. The molecule has 0 saturated carbocycles. The fourth-order valence-electron chi connectivity index (χ4n) is 2.61. The normalized spacial score (nSPS) is 17.5. The number of carbonyl (C=O) groups is 2. The Balaban J connectivity index is 1.82. The van der Waals surface area contributed by atoms with Gasteiger partial charge in [-0.2, -0.15) is 5.10 Å². The number of amides is 2. The van der Waals surface area contributed by atoms with Gasteiger partial charge < -0.3 is 10.6 Å². The van der Waals surface area contributed by atoms with Crippen LogP contribution in [0.2, 0.25) is 0 Å². The number of benzene rings is 1. The third kappa shape index (κ3) is 2.57. The summed E-state index contributed by atoms with van der Waals surface area (Å²) >= 11 is 0. The van der Waals surface area contributed by atoms with E-state index in [4.69, 9.17) is 0 Å². The van der Waals surface area contributed by atoms with E-state index in [0.29, 0.717) is 23.9 Å². The Hall–Kier alpha value is -2.70. The van der Waals surface area contributed by atoms with Crippen LogP contribution in [0.1, 0.15) is 18.5 Å². The number of hydrogen-bond donors (Lipinski definition) is 2. The fraction of sp³-hybridized carbons (Fsp3) is 0.333. The van der Waals surface area contributed by atoms with E-state index in [1.807, 2.05) is 12.1 Å². The van der Waals surface area contributed by atoms with Crippen LogP contribution in [0.15, 0.2) is 29.1 Å². The molecule has 114 valence electrons. The third-order valence-corrected chi connectivity index (χ3v) is 3.77. The van der Waals surface area contributed by atoms with Gasteiger partial charge in [0.1, 0.15) is 6.04 Å². The molecule has 3 rings (SSSR count). The summed E-state index contributed by atoms with van der Waals surface area (Å²) < 4.78 is 1.27. The number of aryl methyl sites for hydroxylation is 1. The van der Waals surface area contributed by atoms with Gasteiger partial charge in [0.25, 0.3) is 5.56 Å². The van der Waals surface area contributed by atoms with Crippen LogP contribution in [0.5, 0.6) is 0 Å². The molecule has 1 saturated heterocycles. The molecule has 1 unspecified atom stereocenters. The van der Waals surface area contributed by atoms with Crippen molar-refractivity contribution in [2.45, 2.75) is 25.4 Å². The summed E-state index contributed by atoms with van der Waals surface area (Å²) in [4.78, 5) is 35.2. The summed E-state index contributed by atoms with van der Waals surface area (Å²) in [5, 5.41) is 10.9. The number of nitrogens with zero attached hydrogens (tertiary/aromatic N) is 2. The molecule has 1 aliphatic heterocycles. The van der Waals surface area contributed by atoms with Crippen molar-refractivity contribution in [1.29, 1.82) is 0 Å². The highest BCUT2D eigenvalue weighted by Gasteiger charge is 2.27. The Morgan fingerprint density at radius 3 is 2.77 bits per heavy atom. The van der Waals surface area contributed by atoms with Gasteiger partial charge >= 0.3 is 0 Å². The van der Waals surface area contributed by atoms with Gasteiger partial charge in [-0.05, 0) is 12.5 Å². The molecule has 2 aromatic rings. The van der Waals surface area contributed by atoms with Crippen molar-refractivity contribution >= 4 is 22.6 Å². The van der Waals surface area contributed by atoms with Crippen molar-refractivity contribution in [3.8, 4) is 0 Å². The molecular weight excluding hydrogens is 284 g/mol. The molecule has 2 amide bonds. The molecule has 0 bridgehead atoms. The van der Waals surface area contributed by atoms with Gasteiger partial charge in [0.05, 0.1) is 17.6 Å². The van der Waals surface area contributed by atoms with Crippen LogP contribution < -0.4 is 16.2 Å². The number of hydrogen-bond acceptors (Lipinski definition) is 4. The van der Waals surface area contributed by atoms with E-state index in [9.17, 15) is 14.4 Å². The van der Waals surface area contributed by atoms with Crippen LogP contribution in [0, 0.1) is 0 Å². The molecule has 0 spiro atoms. The molecule has 1 atom stereocenters. The molecule has 7 heteroatoms. The minimum Gasteiger partial charge on any atom is -0.349 e. The summed E-state index contributed by atoms with van der Waals surface area (Å²) in [6, 6.07) is 6.68. The first kappa shape index (κ1) is 14.2. The van der Waals surface area contributed by atoms with Gasteiger partial charge in [0, 0.05) is 18.9 Å². The number of fused-ring (bicyclic) bond motifs is 1. The Labute approximate surface area is 126 Å². The topological polar surface area (TPSA) is 93.1 Å². The van der Waals surface area contributed by atoms with E-state index in [1.54, 1.807) is 19.2 Å². The standard InChI is InChI=1S/C15H16N4O3/c1-19-15(22)10-5-3-2-4-9(10)12(18-19)8-16-14(21)11-6-7-13(20)17-11/h2-5,11H,6-8H2,1H3,(H,16,21)(H,17,20). The molecule has 2 heterocycles. The second kappa shape index (κ2) is 5.59. The van der Waals surface area contributed by atoms with Crippen molar-refractivity contribution < 1.29 is 9.59 Å². The first-order valence-corrected chi connectivity index (χ1v) is 7.08. The number of rotatable bonds is 3. The van der Waals surface area contributed by atoms with E-state index in [2.05, 4.69) is 15.7 Å². The Morgan fingerprint density at radius 2 is 2.09 bits per heavy atom. The van der Waals surface area contributed by atoms with Gasteiger partial charge in [-0.15, -0.1) is 0 Å². The van der Waals surface area contributed by atoms with Crippen LogP contribution in [0.3, 0.4) is 0 Å². The Bertz CT molecular complexity index is 812. The van der Waals surface area contributed by atoms with E-state index in [1.165, 1.54) is 4.68 Å².